The summed E-state index contributed by atoms with van der Waals surface area (Å²) in [5.74, 6) is 0.825. The van der Waals surface area contributed by atoms with Crippen LogP contribution in [-0.4, -0.2) is 35.3 Å². The van der Waals surface area contributed by atoms with Crippen LogP contribution in [0.1, 0.15) is 25.7 Å². The molecule has 27 heavy (non-hydrogen) atoms. The van der Waals surface area contributed by atoms with Gasteiger partial charge in [0.1, 0.15) is 12.4 Å². The van der Waals surface area contributed by atoms with E-state index in [-0.39, 0.29) is 18.0 Å². The zero-order valence-electron chi connectivity index (χ0n) is 15.0. The second-order valence-electron chi connectivity index (χ2n) is 6.79. The molecule has 2 aromatic rings. The molecule has 2 aliphatic rings. The van der Waals surface area contributed by atoms with Gasteiger partial charge in [-0.15, -0.1) is 0 Å². The zero-order chi connectivity index (χ0) is 18.5. The maximum absolute atomic E-state index is 14.2. The summed E-state index contributed by atoms with van der Waals surface area (Å²) < 4.78 is 25.9. The highest BCUT2D eigenvalue weighted by atomic mass is 19.1. The Balaban J connectivity index is 1.60. The number of aromatic nitrogens is 2. The molecule has 1 aromatic heterocycles. The Morgan fingerprint density at radius 3 is 3.04 bits per heavy atom. The van der Waals surface area contributed by atoms with Gasteiger partial charge in [0, 0.05) is 17.8 Å². The highest BCUT2D eigenvalue weighted by Crippen LogP contribution is 2.26. The third-order valence-electron chi connectivity index (χ3n) is 4.74. The number of hydrogen-bond donors (Lipinski definition) is 2. The van der Waals surface area contributed by atoms with Gasteiger partial charge in [-0.2, -0.15) is 4.98 Å². The molecule has 0 spiro atoms. The number of anilines is 3. The Morgan fingerprint density at radius 2 is 2.07 bits per heavy atom. The van der Waals surface area contributed by atoms with Crippen molar-refractivity contribution in [1.29, 1.82) is 0 Å². The first-order valence-electron chi connectivity index (χ1n) is 9.32. The molecule has 1 fully saturated rings. The molecule has 7 heteroatoms. The van der Waals surface area contributed by atoms with Crippen LogP contribution in [0, 0.1) is 5.82 Å². The quantitative estimate of drug-likeness (QED) is 0.682. The molecule has 142 valence electrons. The first-order valence-corrected chi connectivity index (χ1v) is 9.32. The molecule has 2 heterocycles. The fourth-order valence-electron chi connectivity index (χ4n) is 3.41. The van der Waals surface area contributed by atoms with E-state index in [1.165, 1.54) is 6.20 Å². The zero-order valence-corrected chi connectivity index (χ0v) is 15.0. The van der Waals surface area contributed by atoms with Crippen LogP contribution in [-0.2, 0) is 4.74 Å². The molecule has 0 radical (unpaired) electrons. The first-order chi connectivity index (χ1) is 13.3. The lowest BCUT2D eigenvalue weighted by atomic mass is 9.93. The van der Waals surface area contributed by atoms with Crippen LogP contribution >= 0.6 is 0 Å². The molecule has 0 saturated heterocycles. The summed E-state index contributed by atoms with van der Waals surface area (Å²) in [6, 6.07) is 7.63. The maximum atomic E-state index is 14.2. The van der Waals surface area contributed by atoms with Crippen LogP contribution < -0.4 is 15.4 Å². The second-order valence-corrected chi connectivity index (χ2v) is 6.79. The first kappa shape index (κ1) is 17.7. The van der Waals surface area contributed by atoms with E-state index in [9.17, 15) is 4.39 Å². The SMILES string of the molecule is Fc1cnc2nc1NC1CCCC(C1)OC/C=C/COc1cccc(c1)N2. The van der Waals surface area contributed by atoms with Crippen molar-refractivity contribution >= 4 is 17.5 Å². The van der Waals surface area contributed by atoms with Gasteiger partial charge >= 0.3 is 0 Å². The number of nitrogens with zero attached hydrogens (tertiary/aromatic N) is 2. The molecule has 6 nitrogen and oxygen atoms in total. The molecule has 2 atom stereocenters. The van der Waals surface area contributed by atoms with E-state index in [2.05, 4.69) is 20.6 Å². The Hall–Kier alpha value is -2.67. The molecule has 1 aromatic carbocycles. The van der Waals surface area contributed by atoms with Crippen molar-refractivity contribution in [1.82, 2.24) is 9.97 Å². The third kappa shape index (κ3) is 4.74. The van der Waals surface area contributed by atoms with E-state index in [1.54, 1.807) is 0 Å². The molecule has 0 amide bonds. The highest BCUT2D eigenvalue weighted by molar-refractivity contribution is 5.57. The number of ether oxygens (including phenoxy) is 2. The maximum Gasteiger partial charge on any atom is 0.229 e. The summed E-state index contributed by atoms with van der Waals surface area (Å²) in [4.78, 5) is 8.36. The summed E-state index contributed by atoms with van der Waals surface area (Å²) >= 11 is 0. The van der Waals surface area contributed by atoms with Gasteiger partial charge in [0.05, 0.1) is 18.9 Å². The number of rotatable bonds is 0. The fraction of sp³-hybridized carbons (Fsp3) is 0.400. The second kappa shape index (κ2) is 8.35. The van der Waals surface area contributed by atoms with Crippen LogP contribution in [0.4, 0.5) is 21.8 Å². The van der Waals surface area contributed by atoms with E-state index in [4.69, 9.17) is 9.47 Å². The molecule has 1 aliphatic carbocycles. The molecule has 1 aliphatic heterocycles. The van der Waals surface area contributed by atoms with Crippen LogP contribution in [0.15, 0.2) is 42.6 Å². The van der Waals surface area contributed by atoms with Crippen LogP contribution in [0.5, 0.6) is 5.75 Å². The largest absolute Gasteiger partial charge is 0.489 e. The predicted octanol–water partition coefficient (Wildman–Crippen LogP) is 4.05. The Bertz CT molecular complexity index is 814. The minimum Gasteiger partial charge on any atom is -0.489 e. The Kier molecular flexibility index (Phi) is 5.48. The van der Waals surface area contributed by atoms with Gasteiger partial charge in [-0.3, -0.25) is 0 Å². The number of nitrogens with one attached hydrogen (secondary N) is 2. The van der Waals surface area contributed by atoms with E-state index < -0.39 is 5.82 Å². The van der Waals surface area contributed by atoms with Crippen molar-refractivity contribution in [2.24, 2.45) is 0 Å². The Labute approximate surface area is 157 Å². The summed E-state index contributed by atoms with van der Waals surface area (Å²) in [6.45, 7) is 1.02. The van der Waals surface area contributed by atoms with E-state index in [1.807, 2.05) is 36.4 Å². The monoisotopic (exact) mass is 370 g/mol. The van der Waals surface area contributed by atoms with Crippen LogP contribution in [0.25, 0.3) is 0 Å². The fourth-order valence-corrected chi connectivity index (χ4v) is 3.41. The Morgan fingerprint density at radius 1 is 1.15 bits per heavy atom. The summed E-state index contributed by atoms with van der Waals surface area (Å²) in [5, 5.41) is 6.34. The van der Waals surface area contributed by atoms with Gasteiger partial charge in [0.2, 0.25) is 5.95 Å². The van der Waals surface area contributed by atoms with E-state index >= 15 is 0 Å². The normalized spacial score (nSPS) is 23.9. The van der Waals surface area contributed by atoms with E-state index in [0.717, 1.165) is 37.1 Å². The van der Waals surface area contributed by atoms with Crippen molar-refractivity contribution in [2.75, 3.05) is 23.8 Å². The lowest BCUT2D eigenvalue weighted by Crippen LogP contribution is -2.32. The van der Waals surface area contributed by atoms with Gasteiger partial charge in [0.15, 0.2) is 11.6 Å². The molecule has 1 saturated carbocycles. The minimum atomic E-state index is -0.457. The molecule has 6 bridgehead atoms. The number of halogens is 1. The lowest BCUT2D eigenvalue weighted by molar-refractivity contribution is 0.0429. The molecule has 4 rings (SSSR count). The predicted molar refractivity (Wildman–Crippen MR) is 102 cm³/mol. The van der Waals surface area contributed by atoms with Gasteiger partial charge < -0.3 is 20.1 Å². The van der Waals surface area contributed by atoms with Gasteiger partial charge in [-0.25, -0.2) is 9.37 Å². The van der Waals surface area contributed by atoms with E-state index in [0.29, 0.717) is 19.2 Å². The number of hydrogen-bond acceptors (Lipinski definition) is 6. The van der Waals surface area contributed by atoms with Crippen molar-refractivity contribution < 1.29 is 13.9 Å². The number of fused-ring (bicyclic) bond motifs is 6. The highest BCUT2D eigenvalue weighted by Gasteiger charge is 2.23. The number of benzene rings is 1. The van der Waals surface area contributed by atoms with Crippen molar-refractivity contribution in [3.63, 3.8) is 0 Å². The lowest BCUT2D eigenvalue weighted by Gasteiger charge is -2.30. The van der Waals surface area contributed by atoms with Crippen molar-refractivity contribution in [3.05, 3.63) is 48.4 Å². The molecule has 2 unspecified atom stereocenters. The third-order valence-corrected chi connectivity index (χ3v) is 4.74. The standard InChI is InChI=1S/C20H23FN4O2/c21-18-13-22-20-24-15-6-4-8-17(12-15)27-10-2-1-9-26-16-7-3-5-14(11-16)23-19(18)25-20/h1-2,4,6,8,12-14,16H,3,5,7,9-11H2,(H2,22,23,24,25)/b2-1+. The average Bonchev–Trinajstić information content (AvgIpc) is 2.67. The van der Waals surface area contributed by atoms with Crippen molar-refractivity contribution in [3.8, 4) is 5.75 Å². The summed E-state index contributed by atoms with van der Waals surface area (Å²) in [7, 11) is 0. The van der Waals surface area contributed by atoms with Gasteiger partial charge in [-0.05, 0) is 43.9 Å². The minimum absolute atomic E-state index is 0.132. The molecular formula is C20H23FN4O2. The topological polar surface area (TPSA) is 68.3 Å². The van der Waals surface area contributed by atoms with Gasteiger partial charge in [0.25, 0.3) is 0 Å². The average molecular weight is 370 g/mol. The van der Waals surface area contributed by atoms with Crippen molar-refractivity contribution in [2.45, 2.75) is 37.8 Å². The summed E-state index contributed by atoms with van der Waals surface area (Å²) in [5.41, 5.74) is 0.777. The van der Waals surface area contributed by atoms with Crippen LogP contribution in [0.2, 0.25) is 0 Å². The summed E-state index contributed by atoms with van der Waals surface area (Å²) in [6.07, 6.45) is 9.15. The van der Waals surface area contributed by atoms with Gasteiger partial charge in [-0.1, -0.05) is 12.1 Å². The smallest absolute Gasteiger partial charge is 0.229 e. The molecule has 2 N–H and O–H groups in total. The van der Waals surface area contributed by atoms with Crippen LogP contribution in [0.3, 0.4) is 0 Å². The molecular weight excluding hydrogens is 347 g/mol.